The van der Waals surface area contributed by atoms with Crippen molar-refractivity contribution in [1.29, 1.82) is 0 Å². The van der Waals surface area contributed by atoms with Crippen molar-refractivity contribution in [3.05, 3.63) is 0 Å². The average Bonchev–Trinajstić information content (AvgIpc) is 2.50. The van der Waals surface area contributed by atoms with E-state index in [1.165, 1.54) is 64.2 Å². The predicted octanol–water partition coefficient (Wildman–Crippen LogP) is 3.92. The Balaban J connectivity index is 3.79. The molecule has 0 saturated carbocycles. The molecule has 0 fully saturated rings. The third kappa shape index (κ3) is 14.4. The number of rotatable bonds is 15. The highest BCUT2D eigenvalue weighted by Crippen LogP contribution is 2.16. The summed E-state index contributed by atoms with van der Waals surface area (Å²) in [4.78, 5) is 11.1. The monoisotopic (exact) mass is 316 g/mol. The molecule has 0 saturated heterocycles. The van der Waals surface area contributed by atoms with Crippen LogP contribution >= 0.6 is 0 Å². The summed E-state index contributed by atoms with van der Waals surface area (Å²) < 4.78 is 10.8. The van der Waals surface area contributed by atoms with Crippen LogP contribution in [0.2, 0.25) is 0 Å². The molecule has 0 aliphatic carbocycles. The lowest BCUT2D eigenvalue weighted by Crippen LogP contribution is -2.15. The molecule has 0 aromatic rings. The summed E-state index contributed by atoms with van der Waals surface area (Å²) in [5, 5.41) is 0. The van der Waals surface area contributed by atoms with E-state index in [1.807, 2.05) is 0 Å². The second-order valence-corrected chi connectivity index (χ2v) is 6.28. The zero-order chi connectivity index (χ0) is 15.8. The van der Waals surface area contributed by atoms with E-state index in [4.69, 9.17) is 9.16 Å². The summed E-state index contributed by atoms with van der Waals surface area (Å²) >= 11 is 0. The van der Waals surface area contributed by atoms with E-state index >= 15 is 0 Å². The van der Waals surface area contributed by atoms with Gasteiger partial charge in [0.05, 0.1) is 6.10 Å². The molecule has 0 N–H and O–H groups in total. The maximum absolute atomic E-state index is 11.1. The Kier molecular flexibility index (Phi) is 15.8. The average molecular weight is 317 g/mol. The summed E-state index contributed by atoms with van der Waals surface area (Å²) in [6.07, 6.45) is 14.4. The van der Waals surface area contributed by atoms with E-state index in [2.05, 4.69) is 13.8 Å². The van der Waals surface area contributed by atoms with Gasteiger partial charge in [-0.3, -0.25) is 4.79 Å². The van der Waals surface area contributed by atoms with Gasteiger partial charge in [-0.2, -0.15) is 0 Å². The maximum atomic E-state index is 11.1. The molecule has 0 heterocycles. The van der Waals surface area contributed by atoms with E-state index in [1.54, 1.807) is 0 Å². The standard InChI is InChI=1S/C17H36O3Si/c1-3-5-7-9-12-16(13-10-8-6-4-2)19-15-11-14-17(18)20-21/h16H,3-15H2,1-2,21H3. The van der Waals surface area contributed by atoms with Crippen LogP contribution in [0.25, 0.3) is 0 Å². The van der Waals surface area contributed by atoms with Crippen molar-refractivity contribution in [2.45, 2.75) is 97.0 Å². The molecule has 0 aliphatic rings. The Hall–Kier alpha value is -0.353. The topological polar surface area (TPSA) is 35.5 Å². The van der Waals surface area contributed by atoms with Gasteiger partial charge in [0.25, 0.3) is 5.97 Å². The molecule has 0 spiro atoms. The Bertz CT molecular complexity index is 222. The van der Waals surface area contributed by atoms with Crippen LogP contribution < -0.4 is 0 Å². The maximum Gasteiger partial charge on any atom is 0.291 e. The summed E-state index contributed by atoms with van der Waals surface area (Å²) in [6.45, 7) is 5.19. The minimum absolute atomic E-state index is 0.0762. The predicted molar refractivity (Wildman–Crippen MR) is 92.5 cm³/mol. The second-order valence-electron chi connectivity index (χ2n) is 5.87. The van der Waals surface area contributed by atoms with Crippen LogP contribution in [0.4, 0.5) is 0 Å². The van der Waals surface area contributed by atoms with Crippen molar-refractivity contribution in [1.82, 2.24) is 0 Å². The van der Waals surface area contributed by atoms with Crippen LogP contribution in [0, 0.1) is 0 Å². The van der Waals surface area contributed by atoms with Crippen molar-refractivity contribution >= 4 is 16.5 Å². The van der Waals surface area contributed by atoms with Gasteiger partial charge in [0.2, 0.25) is 10.5 Å². The van der Waals surface area contributed by atoms with Gasteiger partial charge in [0.15, 0.2) is 0 Å². The molecular formula is C17H36O3Si. The molecule has 0 bridgehead atoms. The molecular weight excluding hydrogens is 280 g/mol. The van der Waals surface area contributed by atoms with Crippen molar-refractivity contribution in [2.75, 3.05) is 6.61 Å². The molecule has 0 aliphatic heterocycles. The molecule has 0 rings (SSSR count). The van der Waals surface area contributed by atoms with Crippen molar-refractivity contribution < 1.29 is 14.0 Å². The van der Waals surface area contributed by atoms with Crippen LogP contribution in [0.1, 0.15) is 90.9 Å². The zero-order valence-electron chi connectivity index (χ0n) is 14.5. The first-order chi connectivity index (χ1) is 10.2. The van der Waals surface area contributed by atoms with Gasteiger partial charge in [-0.1, -0.05) is 65.2 Å². The van der Waals surface area contributed by atoms with Crippen LogP contribution in [-0.2, 0) is 14.0 Å². The molecule has 21 heavy (non-hydrogen) atoms. The summed E-state index contributed by atoms with van der Waals surface area (Å²) in [5.41, 5.74) is 0. The summed E-state index contributed by atoms with van der Waals surface area (Å²) in [7, 11) is 0.501. The summed E-state index contributed by atoms with van der Waals surface area (Å²) in [6, 6.07) is 0. The Morgan fingerprint density at radius 2 is 1.48 bits per heavy atom. The highest BCUT2D eigenvalue weighted by Gasteiger charge is 2.09. The van der Waals surface area contributed by atoms with Gasteiger partial charge < -0.3 is 9.16 Å². The number of ether oxygens (including phenoxy) is 1. The fourth-order valence-corrected chi connectivity index (χ4v) is 2.68. The quantitative estimate of drug-likeness (QED) is 0.339. The summed E-state index contributed by atoms with van der Waals surface area (Å²) in [5.74, 6) is -0.0762. The minimum Gasteiger partial charge on any atom is -0.529 e. The fraction of sp³-hybridized carbons (Fsp3) is 0.941. The molecule has 126 valence electrons. The van der Waals surface area contributed by atoms with Crippen LogP contribution in [-0.4, -0.2) is 29.2 Å². The lowest BCUT2D eigenvalue weighted by atomic mass is 10.0. The van der Waals surface area contributed by atoms with Gasteiger partial charge in [-0.25, -0.2) is 0 Å². The first-order valence-electron chi connectivity index (χ1n) is 8.93. The van der Waals surface area contributed by atoms with Crippen LogP contribution in [0.5, 0.6) is 0 Å². The van der Waals surface area contributed by atoms with E-state index in [9.17, 15) is 4.79 Å². The van der Waals surface area contributed by atoms with E-state index < -0.39 is 0 Å². The molecule has 4 heteroatoms. The SMILES string of the molecule is CCCCCCC(CCCCCC)OCCCC(=O)O[SiH3]. The first-order valence-corrected chi connectivity index (χ1v) is 9.74. The molecule has 0 unspecified atom stereocenters. The van der Waals surface area contributed by atoms with Crippen LogP contribution in [0.3, 0.4) is 0 Å². The molecule has 0 radical (unpaired) electrons. The molecule has 0 aromatic heterocycles. The number of unbranched alkanes of at least 4 members (excludes halogenated alkanes) is 6. The van der Waals surface area contributed by atoms with E-state index in [0.29, 0.717) is 29.6 Å². The molecule has 3 nitrogen and oxygen atoms in total. The third-order valence-corrected chi connectivity index (χ3v) is 4.32. The molecule has 0 amide bonds. The Morgan fingerprint density at radius 3 is 1.95 bits per heavy atom. The zero-order valence-corrected chi connectivity index (χ0v) is 16.5. The molecule has 0 atom stereocenters. The fourth-order valence-electron chi connectivity index (χ4n) is 2.48. The van der Waals surface area contributed by atoms with Gasteiger partial charge in [0.1, 0.15) is 0 Å². The van der Waals surface area contributed by atoms with E-state index in [-0.39, 0.29) is 5.97 Å². The number of carbonyl (C=O) groups is 1. The number of carbonyl (C=O) groups excluding carboxylic acids is 1. The lowest BCUT2D eigenvalue weighted by Gasteiger charge is -2.18. The van der Waals surface area contributed by atoms with Crippen molar-refractivity contribution in [2.24, 2.45) is 0 Å². The lowest BCUT2D eigenvalue weighted by molar-refractivity contribution is -0.134. The van der Waals surface area contributed by atoms with Gasteiger partial charge in [0, 0.05) is 13.0 Å². The second kappa shape index (κ2) is 16.0. The van der Waals surface area contributed by atoms with Crippen molar-refractivity contribution in [3.8, 4) is 0 Å². The normalized spacial score (nSPS) is 11.2. The highest BCUT2D eigenvalue weighted by molar-refractivity contribution is 6.05. The van der Waals surface area contributed by atoms with Crippen LogP contribution in [0.15, 0.2) is 0 Å². The largest absolute Gasteiger partial charge is 0.529 e. The van der Waals surface area contributed by atoms with Gasteiger partial charge in [-0.15, -0.1) is 0 Å². The Morgan fingerprint density at radius 1 is 0.905 bits per heavy atom. The number of hydrogen-bond acceptors (Lipinski definition) is 3. The highest BCUT2D eigenvalue weighted by atomic mass is 28.2. The van der Waals surface area contributed by atoms with Gasteiger partial charge >= 0.3 is 0 Å². The van der Waals surface area contributed by atoms with E-state index in [0.717, 1.165) is 6.42 Å². The molecule has 0 aromatic carbocycles. The minimum atomic E-state index is -0.0762. The smallest absolute Gasteiger partial charge is 0.291 e. The third-order valence-electron chi connectivity index (χ3n) is 3.87. The first kappa shape index (κ1) is 20.6. The Labute approximate surface area is 134 Å². The van der Waals surface area contributed by atoms with Gasteiger partial charge in [-0.05, 0) is 19.3 Å². The van der Waals surface area contributed by atoms with Crippen molar-refractivity contribution in [3.63, 3.8) is 0 Å². The number of hydrogen-bond donors (Lipinski definition) is 0.